The van der Waals surface area contributed by atoms with Gasteiger partial charge in [0.2, 0.25) is 0 Å². The number of rotatable bonds is 6. The minimum Gasteiger partial charge on any atom is -0.380 e. The number of hydrogen-bond donors (Lipinski definition) is 1. The summed E-state index contributed by atoms with van der Waals surface area (Å²) in [6.45, 7) is 6.82. The van der Waals surface area contributed by atoms with Gasteiger partial charge in [0.05, 0.1) is 6.61 Å². The average molecular weight is 233 g/mol. The predicted molar refractivity (Wildman–Crippen MR) is 71.4 cm³/mol. The molecule has 1 saturated carbocycles. The minimum atomic E-state index is 0.696. The Kier molecular flexibility index (Phi) is 4.57. The maximum Gasteiger partial charge on any atom is 0.0590 e. The van der Waals surface area contributed by atoms with E-state index in [2.05, 4.69) is 36.5 Å². The lowest BCUT2D eigenvalue weighted by Gasteiger charge is -2.36. The molecule has 2 rings (SSSR count). The molecule has 0 aliphatic heterocycles. The maximum atomic E-state index is 5.31. The molecule has 0 saturated heterocycles. The van der Waals surface area contributed by atoms with E-state index in [4.69, 9.17) is 4.74 Å². The molecule has 0 aromatic heterocycles. The molecule has 1 aliphatic carbocycles. The van der Waals surface area contributed by atoms with Gasteiger partial charge in [-0.1, -0.05) is 29.8 Å². The third kappa shape index (κ3) is 3.55. The largest absolute Gasteiger partial charge is 0.380 e. The van der Waals surface area contributed by atoms with Crippen LogP contribution in [-0.2, 0) is 4.74 Å². The molecule has 1 aromatic rings. The lowest BCUT2D eigenvalue weighted by atomic mass is 9.76. The highest BCUT2D eigenvalue weighted by atomic mass is 16.5. The second-order valence-corrected chi connectivity index (χ2v) is 4.93. The van der Waals surface area contributed by atoms with E-state index in [9.17, 15) is 0 Å². The average Bonchev–Trinajstić information content (AvgIpc) is 2.28. The highest BCUT2D eigenvalue weighted by molar-refractivity contribution is 5.26. The normalized spacial score (nSPS) is 23.4. The summed E-state index contributed by atoms with van der Waals surface area (Å²) in [7, 11) is 0. The number of benzene rings is 1. The molecule has 0 bridgehead atoms. The van der Waals surface area contributed by atoms with Crippen molar-refractivity contribution in [1.29, 1.82) is 0 Å². The Morgan fingerprint density at radius 2 is 1.94 bits per heavy atom. The van der Waals surface area contributed by atoms with E-state index < -0.39 is 0 Å². The summed E-state index contributed by atoms with van der Waals surface area (Å²) >= 11 is 0. The Morgan fingerprint density at radius 1 is 1.24 bits per heavy atom. The maximum absolute atomic E-state index is 5.31. The van der Waals surface area contributed by atoms with Crippen LogP contribution in [0.4, 0.5) is 0 Å². The van der Waals surface area contributed by atoms with Crippen LogP contribution in [0.5, 0.6) is 0 Å². The Labute approximate surface area is 104 Å². The van der Waals surface area contributed by atoms with Gasteiger partial charge in [0.25, 0.3) is 0 Å². The molecule has 0 radical (unpaired) electrons. The van der Waals surface area contributed by atoms with Gasteiger partial charge in [0.15, 0.2) is 0 Å². The van der Waals surface area contributed by atoms with Crippen LogP contribution < -0.4 is 5.32 Å². The molecule has 1 fully saturated rings. The highest BCUT2D eigenvalue weighted by Gasteiger charge is 2.29. The number of hydrogen-bond acceptors (Lipinski definition) is 2. The van der Waals surface area contributed by atoms with E-state index in [0.29, 0.717) is 6.04 Å². The summed E-state index contributed by atoms with van der Waals surface area (Å²) < 4.78 is 5.31. The molecule has 0 amide bonds. The third-order valence-corrected chi connectivity index (χ3v) is 3.57. The van der Waals surface area contributed by atoms with Crippen molar-refractivity contribution in [2.45, 2.75) is 38.6 Å². The Morgan fingerprint density at radius 3 is 2.59 bits per heavy atom. The van der Waals surface area contributed by atoms with Crippen LogP contribution in [0.25, 0.3) is 0 Å². The fourth-order valence-corrected chi connectivity index (χ4v) is 2.37. The SMILES string of the molecule is CCOCCNC1CC(c2ccc(C)cc2)C1. The van der Waals surface area contributed by atoms with Crippen LogP contribution in [0.3, 0.4) is 0 Å². The van der Waals surface area contributed by atoms with E-state index >= 15 is 0 Å². The summed E-state index contributed by atoms with van der Waals surface area (Å²) in [5.74, 6) is 0.764. The van der Waals surface area contributed by atoms with E-state index in [1.807, 2.05) is 6.92 Å². The molecule has 0 atom stereocenters. The van der Waals surface area contributed by atoms with Gasteiger partial charge in [0, 0.05) is 19.2 Å². The van der Waals surface area contributed by atoms with Gasteiger partial charge in [-0.25, -0.2) is 0 Å². The smallest absolute Gasteiger partial charge is 0.0590 e. The third-order valence-electron chi connectivity index (χ3n) is 3.57. The van der Waals surface area contributed by atoms with Crippen LogP contribution in [-0.4, -0.2) is 25.8 Å². The molecule has 0 heterocycles. The molecule has 1 aliphatic rings. The molecule has 17 heavy (non-hydrogen) atoms. The number of ether oxygens (including phenoxy) is 1. The Bertz CT molecular complexity index is 327. The van der Waals surface area contributed by atoms with Crippen molar-refractivity contribution in [2.24, 2.45) is 0 Å². The summed E-state index contributed by atoms with van der Waals surface area (Å²) in [4.78, 5) is 0. The zero-order chi connectivity index (χ0) is 12.1. The molecule has 0 spiro atoms. The number of nitrogens with one attached hydrogen (secondary N) is 1. The van der Waals surface area contributed by atoms with Gasteiger partial charge < -0.3 is 10.1 Å². The molecule has 1 N–H and O–H groups in total. The van der Waals surface area contributed by atoms with Crippen molar-refractivity contribution in [3.63, 3.8) is 0 Å². The summed E-state index contributed by atoms with van der Waals surface area (Å²) in [5.41, 5.74) is 2.85. The second-order valence-electron chi connectivity index (χ2n) is 4.93. The van der Waals surface area contributed by atoms with Gasteiger partial charge in [-0.15, -0.1) is 0 Å². The molecule has 1 aromatic carbocycles. The zero-order valence-corrected chi connectivity index (χ0v) is 10.9. The Balaban J connectivity index is 1.66. The van der Waals surface area contributed by atoms with Gasteiger partial charge in [-0.2, -0.15) is 0 Å². The molecular formula is C15H23NO. The van der Waals surface area contributed by atoms with E-state index in [1.54, 1.807) is 0 Å². The molecule has 0 unspecified atom stereocenters. The molecule has 2 heteroatoms. The second kappa shape index (κ2) is 6.18. The van der Waals surface area contributed by atoms with Crippen molar-refractivity contribution < 1.29 is 4.74 Å². The lowest BCUT2D eigenvalue weighted by Crippen LogP contribution is -2.41. The summed E-state index contributed by atoms with van der Waals surface area (Å²) in [6, 6.07) is 9.67. The van der Waals surface area contributed by atoms with E-state index in [-0.39, 0.29) is 0 Å². The van der Waals surface area contributed by atoms with E-state index in [0.717, 1.165) is 25.7 Å². The van der Waals surface area contributed by atoms with Gasteiger partial charge in [0.1, 0.15) is 0 Å². The minimum absolute atomic E-state index is 0.696. The first-order chi connectivity index (χ1) is 8.29. The van der Waals surface area contributed by atoms with Gasteiger partial charge in [-0.05, 0) is 38.2 Å². The topological polar surface area (TPSA) is 21.3 Å². The fourth-order valence-electron chi connectivity index (χ4n) is 2.37. The summed E-state index contributed by atoms with van der Waals surface area (Å²) in [5, 5.41) is 3.54. The van der Waals surface area contributed by atoms with Crippen LogP contribution in [0.15, 0.2) is 24.3 Å². The molecular weight excluding hydrogens is 210 g/mol. The monoisotopic (exact) mass is 233 g/mol. The standard InChI is InChI=1S/C15H23NO/c1-3-17-9-8-16-15-10-14(11-15)13-6-4-12(2)5-7-13/h4-7,14-16H,3,8-11H2,1-2H3. The van der Waals surface area contributed by atoms with Crippen LogP contribution in [0, 0.1) is 6.92 Å². The van der Waals surface area contributed by atoms with Gasteiger partial charge >= 0.3 is 0 Å². The first-order valence-electron chi connectivity index (χ1n) is 6.67. The van der Waals surface area contributed by atoms with Crippen molar-refractivity contribution >= 4 is 0 Å². The van der Waals surface area contributed by atoms with Crippen molar-refractivity contribution in [3.8, 4) is 0 Å². The fraction of sp³-hybridized carbons (Fsp3) is 0.600. The Hall–Kier alpha value is -0.860. The van der Waals surface area contributed by atoms with Crippen molar-refractivity contribution in [1.82, 2.24) is 5.32 Å². The van der Waals surface area contributed by atoms with Crippen LogP contribution in [0.2, 0.25) is 0 Å². The van der Waals surface area contributed by atoms with Crippen LogP contribution in [0.1, 0.15) is 36.8 Å². The van der Waals surface area contributed by atoms with Crippen molar-refractivity contribution in [2.75, 3.05) is 19.8 Å². The highest BCUT2D eigenvalue weighted by Crippen LogP contribution is 2.36. The first-order valence-corrected chi connectivity index (χ1v) is 6.67. The first kappa shape index (κ1) is 12.6. The quantitative estimate of drug-likeness (QED) is 0.763. The molecule has 2 nitrogen and oxygen atoms in total. The zero-order valence-electron chi connectivity index (χ0n) is 10.9. The lowest BCUT2D eigenvalue weighted by molar-refractivity contribution is 0.141. The van der Waals surface area contributed by atoms with Crippen LogP contribution >= 0.6 is 0 Å². The predicted octanol–water partition coefficient (Wildman–Crippen LogP) is 2.87. The number of aryl methyl sites for hydroxylation is 1. The van der Waals surface area contributed by atoms with Gasteiger partial charge in [-0.3, -0.25) is 0 Å². The molecule has 94 valence electrons. The van der Waals surface area contributed by atoms with E-state index in [1.165, 1.54) is 24.0 Å². The van der Waals surface area contributed by atoms with Crippen molar-refractivity contribution in [3.05, 3.63) is 35.4 Å². The summed E-state index contributed by atoms with van der Waals surface area (Å²) in [6.07, 6.45) is 2.55.